The lowest BCUT2D eigenvalue weighted by Gasteiger charge is -2.04. The Morgan fingerprint density at radius 2 is 2.06 bits per heavy atom. The van der Waals surface area contributed by atoms with Crippen LogP contribution in [0.25, 0.3) is 0 Å². The van der Waals surface area contributed by atoms with Crippen molar-refractivity contribution in [3.05, 3.63) is 52.7 Å². The molecule has 0 aliphatic carbocycles. The summed E-state index contributed by atoms with van der Waals surface area (Å²) in [5.41, 5.74) is 0. The molecule has 1 heterocycles. The van der Waals surface area contributed by atoms with Gasteiger partial charge >= 0.3 is 0 Å². The second-order valence-electron chi connectivity index (χ2n) is 3.76. The second kappa shape index (κ2) is 5.89. The summed E-state index contributed by atoms with van der Waals surface area (Å²) in [5, 5.41) is 3.04. The van der Waals surface area contributed by atoms with Crippen molar-refractivity contribution in [2.75, 3.05) is 7.05 Å². The third kappa shape index (κ3) is 3.24. The zero-order chi connectivity index (χ0) is 13.0. The monoisotopic (exact) mass is 269 g/mol. The van der Waals surface area contributed by atoms with Gasteiger partial charge in [0.15, 0.2) is 0 Å². The Hall–Kier alpha value is -1.52. The van der Waals surface area contributed by atoms with Crippen LogP contribution in [0.1, 0.15) is 11.5 Å². The summed E-state index contributed by atoms with van der Waals surface area (Å²) in [6, 6.07) is 7.96. The van der Waals surface area contributed by atoms with Gasteiger partial charge in [-0.3, -0.25) is 0 Å². The average Bonchev–Trinajstić information content (AvgIpc) is 2.79. The van der Waals surface area contributed by atoms with Crippen molar-refractivity contribution < 1.29 is 13.5 Å². The van der Waals surface area contributed by atoms with E-state index < -0.39 is 5.82 Å². The van der Waals surface area contributed by atoms with Crippen molar-refractivity contribution in [1.29, 1.82) is 0 Å². The van der Waals surface area contributed by atoms with E-state index in [1.54, 1.807) is 0 Å². The van der Waals surface area contributed by atoms with E-state index in [1.165, 1.54) is 18.2 Å². The van der Waals surface area contributed by atoms with E-state index >= 15 is 0 Å². The number of ether oxygens (including phenoxy) is 1. The minimum atomic E-state index is -0.460. The van der Waals surface area contributed by atoms with Crippen LogP contribution in [-0.4, -0.2) is 7.05 Å². The van der Waals surface area contributed by atoms with Crippen molar-refractivity contribution in [3.8, 4) is 5.75 Å². The molecular weight excluding hydrogens is 257 g/mol. The molecule has 0 saturated heterocycles. The van der Waals surface area contributed by atoms with E-state index in [9.17, 15) is 4.39 Å². The van der Waals surface area contributed by atoms with Crippen LogP contribution in [0, 0.1) is 5.82 Å². The Balaban J connectivity index is 1.95. The first-order valence-corrected chi connectivity index (χ1v) is 5.87. The van der Waals surface area contributed by atoms with Crippen LogP contribution in [0.4, 0.5) is 4.39 Å². The Morgan fingerprint density at radius 1 is 1.28 bits per heavy atom. The van der Waals surface area contributed by atoms with Crippen molar-refractivity contribution >= 4 is 11.6 Å². The third-order valence-electron chi connectivity index (χ3n) is 2.34. The van der Waals surface area contributed by atoms with Crippen LogP contribution < -0.4 is 10.1 Å². The molecule has 0 spiro atoms. The van der Waals surface area contributed by atoms with E-state index in [0.29, 0.717) is 18.1 Å². The number of rotatable bonds is 5. The number of hydrogen-bond acceptors (Lipinski definition) is 3. The summed E-state index contributed by atoms with van der Waals surface area (Å²) >= 11 is 5.65. The van der Waals surface area contributed by atoms with Crippen LogP contribution >= 0.6 is 11.6 Å². The van der Waals surface area contributed by atoms with Gasteiger partial charge in [0, 0.05) is 6.07 Å². The highest BCUT2D eigenvalue weighted by Crippen LogP contribution is 2.22. The molecule has 0 unspecified atom stereocenters. The molecule has 0 amide bonds. The Morgan fingerprint density at radius 3 is 2.78 bits per heavy atom. The summed E-state index contributed by atoms with van der Waals surface area (Å²) in [7, 11) is 1.85. The fourth-order valence-electron chi connectivity index (χ4n) is 1.49. The molecule has 1 aromatic heterocycles. The first-order chi connectivity index (χ1) is 8.69. The van der Waals surface area contributed by atoms with Gasteiger partial charge in [-0.05, 0) is 31.3 Å². The standard InChI is InChI=1S/C13H13ClFNO2/c1-16-7-10-2-3-11(18-10)8-17-9-4-5-13(15)12(14)6-9/h2-6,16H,7-8H2,1H3. The van der Waals surface area contributed by atoms with E-state index in [2.05, 4.69) is 5.32 Å². The van der Waals surface area contributed by atoms with Gasteiger partial charge in [0.1, 0.15) is 29.7 Å². The molecule has 0 fully saturated rings. The van der Waals surface area contributed by atoms with Crippen molar-refractivity contribution in [2.45, 2.75) is 13.2 Å². The molecule has 0 saturated carbocycles. The van der Waals surface area contributed by atoms with Gasteiger partial charge in [0.2, 0.25) is 0 Å². The molecular formula is C13H13ClFNO2. The maximum Gasteiger partial charge on any atom is 0.146 e. The van der Waals surface area contributed by atoms with Crippen LogP contribution in [-0.2, 0) is 13.2 Å². The Kier molecular flexibility index (Phi) is 4.23. The highest BCUT2D eigenvalue weighted by Gasteiger charge is 2.04. The lowest BCUT2D eigenvalue weighted by molar-refractivity contribution is 0.265. The maximum atomic E-state index is 12.9. The molecule has 0 bridgehead atoms. The lowest BCUT2D eigenvalue weighted by Crippen LogP contribution is -2.03. The number of furan rings is 1. The average molecular weight is 270 g/mol. The topological polar surface area (TPSA) is 34.4 Å². The van der Waals surface area contributed by atoms with Gasteiger partial charge in [0.25, 0.3) is 0 Å². The van der Waals surface area contributed by atoms with E-state index in [0.717, 1.165) is 5.76 Å². The quantitative estimate of drug-likeness (QED) is 0.904. The van der Waals surface area contributed by atoms with Crippen molar-refractivity contribution in [1.82, 2.24) is 5.32 Å². The smallest absolute Gasteiger partial charge is 0.146 e. The van der Waals surface area contributed by atoms with Gasteiger partial charge in [-0.2, -0.15) is 0 Å². The highest BCUT2D eigenvalue weighted by molar-refractivity contribution is 6.30. The van der Waals surface area contributed by atoms with E-state index in [1.807, 2.05) is 19.2 Å². The van der Waals surface area contributed by atoms with Gasteiger partial charge in [0.05, 0.1) is 11.6 Å². The van der Waals surface area contributed by atoms with Gasteiger partial charge < -0.3 is 14.5 Å². The number of benzene rings is 1. The summed E-state index contributed by atoms with van der Waals surface area (Å²) in [6.45, 7) is 0.952. The van der Waals surface area contributed by atoms with Crippen LogP contribution in [0.5, 0.6) is 5.75 Å². The molecule has 2 rings (SSSR count). The summed E-state index contributed by atoms with van der Waals surface area (Å²) in [5.74, 6) is 1.60. The summed E-state index contributed by atoms with van der Waals surface area (Å²) < 4.78 is 23.9. The molecule has 0 atom stereocenters. The first kappa shape index (κ1) is 12.9. The molecule has 2 aromatic rings. The highest BCUT2D eigenvalue weighted by atomic mass is 35.5. The fourth-order valence-corrected chi connectivity index (χ4v) is 1.66. The zero-order valence-electron chi connectivity index (χ0n) is 9.87. The maximum absolute atomic E-state index is 12.9. The molecule has 0 radical (unpaired) electrons. The first-order valence-electron chi connectivity index (χ1n) is 5.49. The molecule has 1 aromatic carbocycles. The Labute approximate surface area is 110 Å². The van der Waals surface area contributed by atoms with Gasteiger partial charge in [-0.1, -0.05) is 11.6 Å². The van der Waals surface area contributed by atoms with Gasteiger partial charge in [-0.25, -0.2) is 4.39 Å². The normalized spacial score (nSPS) is 10.6. The lowest BCUT2D eigenvalue weighted by atomic mass is 10.3. The van der Waals surface area contributed by atoms with E-state index in [-0.39, 0.29) is 11.6 Å². The predicted molar refractivity (Wildman–Crippen MR) is 67.2 cm³/mol. The number of nitrogens with one attached hydrogen (secondary N) is 1. The van der Waals surface area contributed by atoms with E-state index in [4.69, 9.17) is 20.8 Å². The summed E-state index contributed by atoms with van der Waals surface area (Å²) in [4.78, 5) is 0. The molecule has 3 nitrogen and oxygen atoms in total. The van der Waals surface area contributed by atoms with Crippen molar-refractivity contribution in [3.63, 3.8) is 0 Å². The van der Waals surface area contributed by atoms with Crippen molar-refractivity contribution in [2.24, 2.45) is 0 Å². The Bertz CT molecular complexity index is 527. The predicted octanol–water partition coefficient (Wildman–Crippen LogP) is 3.37. The largest absolute Gasteiger partial charge is 0.486 e. The number of halogens is 2. The third-order valence-corrected chi connectivity index (χ3v) is 2.63. The van der Waals surface area contributed by atoms with Crippen LogP contribution in [0.3, 0.4) is 0 Å². The fraction of sp³-hybridized carbons (Fsp3) is 0.231. The number of hydrogen-bond donors (Lipinski definition) is 1. The van der Waals surface area contributed by atoms with Gasteiger partial charge in [-0.15, -0.1) is 0 Å². The molecule has 0 aliphatic heterocycles. The molecule has 18 heavy (non-hydrogen) atoms. The second-order valence-corrected chi connectivity index (χ2v) is 4.17. The van der Waals surface area contributed by atoms with Crippen LogP contribution in [0.2, 0.25) is 5.02 Å². The molecule has 1 N–H and O–H groups in total. The molecule has 0 aliphatic rings. The van der Waals surface area contributed by atoms with Crippen LogP contribution in [0.15, 0.2) is 34.7 Å². The zero-order valence-corrected chi connectivity index (χ0v) is 10.6. The minimum absolute atomic E-state index is 0.0443. The molecule has 5 heteroatoms. The SMILES string of the molecule is CNCc1ccc(COc2ccc(F)c(Cl)c2)o1. The minimum Gasteiger partial charge on any atom is -0.486 e. The summed E-state index contributed by atoms with van der Waals surface area (Å²) in [6.07, 6.45) is 0. The molecule has 96 valence electrons.